The number of rotatable bonds is 3. The van der Waals surface area contributed by atoms with E-state index < -0.39 is 12.5 Å². The van der Waals surface area contributed by atoms with Crippen molar-refractivity contribution in [3.63, 3.8) is 0 Å². The van der Waals surface area contributed by atoms with Crippen LogP contribution in [-0.2, 0) is 0 Å². The van der Waals surface area contributed by atoms with Gasteiger partial charge in [-0.15, -0.1) is 13.2 Å². The van der Waals surface area contributed by atoms with Gasteiger partial charge in [0.15, 0.2) is 0 Å². The molecule has 5 heteroatoms. The van der Waals surface area contributed by atoms with Gasteiger partial charge in [0.25, 0.3) is 0 Å². The Labute approximate surface area is 91.0 Å². The zero-order valence-corrected chi connectivity index (χ0v) is 8.53. The Kier molecular flexibility index (Phi) is 3.95. The summed E-state index contributed by atoms with van der Waals surface area (Å²) in [6.45, 7) is 1.74. The minimum absolute atomic E-state index is 0.302. The van der Waals surface area contributed by atoms with Crippen molar-refractivity contribution in [2.45, 2.75) is 19.4 Å². The number of ether oxygens (including phenoxy) is 1. The van der Waals surface area contributed by atoms with Crippen LogP contribution in [0.4, 0.5) is 13.2 Å². The molecule has 0 fully saturated rings. The fourth-order valence-electron chi connectivity index (χ4n) is 1.16. The second-order valence-electron chi connectivity index (χ2n) is 3.09. The van der Waals surface area contributed by atoms with Gasteiger partial charge in [-0.2, -0.15) is 0 Å². The summed E-state index contributed by atoms with van der Waals surface area (Å²) in [6, 6.07) is 5.09. The molecular formula is C11H11F3O2. The van der Waals surface area contributed by atoms with E-state index >= 15 is 0 Å². The molecular weight excluding hydrogens is 221 g/mol. The van der Waals surface area contributed by atoms with Crippen LogP contribution in [0.2, 0.25) is 0 Å². The number of aliphatic hydroxyl groups is 1. The van der Waals surface area contributed by atoms with E-state index in [2.05, 4.69) is 4.74 Å². The second kappa shape index (κ2) is 5.03. The summed E-state index contributed by atoms with van der Waals surface area (Å²) in [5, 5.41) is 9.49. The summed E-state index contributed by atoms with van der Waals surface area (Å²) < 4.78 is 39.2. The first-order valence-electron chi connectivity index (χ1n) is 4.59. The van der Waals surface area contributed by atoms with Gasteiger partial charge in [-0.3, -0.25) is 0 Å². The highest BCUT2D eigenvalue weighted by atomic mass is 19.4. The molecule has 2 nitrogen and oxygen atoms in total. The minimum atomic E-state index is -4.69. The Morgan fingerprint density at radius 2 is 1.81 bits per heavy atom. The van der Waals surface area contributed by atoms with Crippen LogP contribution in [0.3, 0.4) is 0 Å². The van der Waals surface area contributed by atoms with Crippen LogP contribution in [0.5, 0.6) is 5.75 Å². The molecule has 0 saturated carbocycles. The van der Waals surface area contributed by atoms with Crippen LogP contribution in [-0.4, -0.2) is 11.5 Å². The maximum Gasteiger partial charge on any atom is 0.573 e. The van der Waals surface area contributed by atoms with Crippen molar-refractivity contribution in [3.8, 4) is 5.75 Å². The Morgan fingerprint density at radius 3 is 2.25 bits per heavy atom. The Bertz CT molecular complexity index is 354. The van der Waals surface area contributed by atoms with E-state index in [4.69, 9.17) is 0 Å². The van der Waals surface area contributed by atoms with Crippen LogP contribution >= 0.6 is 0 Å². The molecule has 16 heavy (non-hydrogen) atoms. The highest BCUT2D eigenvalue weighted by Gasteiger charge is 2.30. The molecule has 1 atom stereocenters. The van der Waals surface area contributed by atoms with E-state index in [9.17, 15) is 18.3 Å². The van der Waals surface area contributed by atoms with Crippen molar-refractivity contribution in [2.75, 3.05) is 0 Å². The zero-order chi connectivity index (χ0) is 12.2. The standard InChI is InChI=1S/C11H11F3O2/c1-2-3-10(15)8-4-6-9(7-5-8)16-11(12,13)14/h2-7,10,15H,1H3/b3-2+. The van der Waals surface area contributed by atoms with E-state index in [1.54, 1.807) is 13.0 Å². The molecule has 0 aliphatic rings. The van der Waals surface area contributed by atoms with Crippen molar-refractivity contribution in [2.24, 2.45) is 0 Å². The third kappa shape index (κ3) is 3.94. The lowest BCUT2D eigenvalue weighted by Gasteiger charge is -2.10. The van der Waals surface area contributed by atoms with Gasteiger partial charge in [0.1, 0.15) is 5.75 Å². The molecule has 0 radical (unpaired) electrons. The quantitative estimate of drug-likeness (QED) is 0.811. The minimum Gasteiger partial charge on any atom is -0.406 e. The van der Waals surface area contributed by atoms with Crippen molar-refractivity contribution in [1.82, 2.24) is 0 Å². The lowest BCUT2D eigenvalue weighted by molar-refractivity contribution is -0.274. The number of aliphatic hydroxyl groups excluding tert-OH is 1. The van der Waals surface area contributed by atoms with Gasteiger partial charge in [-0.1, -0.05) is 24.3 Å². The van der Waals surface area contributed by atoms with Crippen molar-refractivity contribution in [1.29, 1.82) is 0 Å². The maximum absolute atomic E-state index is 11.8. The van der Waals surface area contributed by atoms with Gasteiger partial charge in [0.2, 0.25) is 0 Å². The zero-order valence-electron chi connectivity index (χ0n) is 8.53. The van der Waals surface area contributed by atoms with Gasteiger partial charge >= 0.3 is 6.36 Å². The van der Waals surface area contributed by atoms with Gasteiger partial charge in [0.05, 0.1) is 6.10 Å². The summed E-state index contributed by atoms with van der Waals surface area (Å²) >= 11 is 0. The first kappa shape index (κ1) is 12.6. The third-order valence-corrected chi connectivity index (χ3v) is 1.83. The Balaban J connectivity index is 2.75. The van der Waals surface area contributed by atoms with Crippen LogP contribution in [0.25, 0.3) is 0 Å². The molecule has 1 aromatic carbocycles. The highest BCUT2D eigenvalue weighted by molar-refractivity contribution is 5.30. The molecule has 0 amide bonds. The topological polar surface area (TPSA) is 29.5 Å². The van der Waals surface area contributed by atoms with Gasteiger partial charge in [-0.05, 0) is 24.6 Å². The number of allylic oxidation sites excluding steroid dienone is 1. The number of benzene rings is 1. The van der Waals surface area contributed by atoms with Gasteiger partial charge in [-0.25, -0.2) is 0 Å². The predicted molar refractivity (Wildman–Crippen MR) is 52.9 cm³/mol. The fourth-order valence-corrected chi connectivity index (χ4v) is 1.16. The third-order valence-electron chi connectivity index (χ3n) is 1.83. The van der Waals surface area contributed by atoms with E-state index in [0.29, 0.717) is 5.56 Å². The maximum atomic E-state index is 11.8. The molecule has 88 valence electrons. The van der Waals surface area contributed by atoms with Crippen LogP contribution in [0.1, 0.15) is 18.6 Å². The molecule has 1 N–H and O–H groups in total. The number of halogens is 3. The molecule has 0 aliphatic carbocycles. The normalized spacial score (nSPS) is 14.1. The fraction of sp³-hybridized carbons (Fsp3) is 0.273. The predicted octanol–water partition coefficient (Wildman–Crippen LogP) is 3.19. The Morgan fingerprint density at radius 1 is 1.25 bits per heavy atom. The van der Waals surface area contributed by atoms with E-state index in [0.717, 1.165) is 12.1 Å². The largest absolute Gasteiger partial charge is 0.573 e. The van der Waals surface area contributed by atoms with E-state index in [1.807, 2.05) is 0 Å². The summed E-state index contributed by atoms with van der Waals surface area (Å²) in [4.78, 5) is 0. The second-order valence-corrected chi connectivity index (χ2v) is 3.09. The Hall–Kier alpha value is -1.49. The average molecular weight is 232 g/mol. The molecule has 1 rings (SSSR count). The molecule has 0 aliphatic heterocycles. The first-order valence-corrected chi connectivity index (χ1v) is 4.59. The van der Waals surface area contributed by atoms with Crippen LogP contribution < -0.4 is 4.74 Å². The molecule has 0 bridgehead atoms. The summed E-state index contributed by atoms with van der Waals surface area (Å²) in [7, 11) is 0. The summed E-state index contributed by atoms with van der Waals surface area (Å²) in [6.07, 6.45) is -2.32. The molecule has 1 unspecified atom stereocenters. The van der Waals surface area contributed by atoms with Crippen LogP contribution in [0.15, 0.2) is 36.4 Å². The molecule has 0 saturated heterocycles. The summed E-state index contributed by atoms with van der Waals surface area (Å²) in [5.74, 6) is -0.302. The number of alkyl halides is 3. The highest BCUT2D eigenvalue weighted by Crippen LogP contribution is 2.24. The lowest BCUT2D eigenvalue weighted by atomic mass is 10.1. The average Bonchev–Trinajstić information content (AvgIpc) is 2.16. The summed E-state index contributed by atoms with van der Waals surface area (Å²) in [5.41, 5.74) is 0.507. The van der Waals surface area contributed by atoms with Crippen molar-refractivity contribution in [3.05, 3.63) is 42.0 Å². The van der Waals surface area contributed by atoms with E-state index in [1.165, 1.54) is 18.2 Å². The van der Waals surface area contributed by atoms with Crippen molar-refractivity contribution < 1.29 is 23.0 Å². The molecule has 0 aromatic heterocycles. The lowest BCUT2D eigenvalue weighted by Crippen LogP contribution is -2.17. The monoisotopic (exact) mass is 232 g/mol. The smallest absolute Gasteiger partial charge is 0.406 e. The molecule has 1 aromatic rings. The SMILES string of the molecule is C/C=C/C(O)c1ccc(OC(F)(F)F)cc1. The molecule has 0 spiro atoms. The first-order chi connectivity index (χ1) is 7.42. The van der Waals surface area contributed by atoms with Gasteiger partial charge < -0.3 is 9.84 Å². The molecule has 0 heterocycles. The number of hydrogen-bond acceptors (Lipinski definition) is 2. The van der Waals surface area contributed by atoms with Crippen LogP contribution in [0, 0.1) is 0 Å². The van der Waals surface area contributed by atoms with Crippen molar-refractivity contribution >= 4 is 0 Å². The number of hydrogen-bond donors (Lipinski definition) is 1. The van der Waals surface area contributed by atoms with E-state index in [-0.39, 0.29) is 5.75 Å². The van der Waals surface area contributed by atoms with Gasteiger partial charge in [0, 0.05) is 0 Å².